The average molecular weight is 384 g/mol. The van der Waals surface area contributed by atoms with Crippen LogP contribution in [-0.2, 0) is 10.0 Å². The number of halogens is 1. The summed E-state index contributed by atoms with van der Waals surface area (Å²) >= 11 is 0. The lowest BCUT2D eigenvalue weighted by molar-refractivity contribution is 0.0941. The van der Waals surface area contributed by atoms with Crippen LogP contribution in [0.15, 0.2) is 77.7 Å². The fourth-order valence-electron chi connectivity index (χ4n) is 2.54. The van der Waals surface area contributed by atoms with Crippen molar-refractivity contribution < 1.29 is 17.6 Å². The minimum absolute atomic E-state index is 0.0146. The molecule has 0 saturated carbocycles. The highest BCUT2D eigenvalue weighted by molar-refractivity contribution is 7.89. The Balaban J connectivity index is 1.82. The van der Waals surface area contributed by atoms with Gasteiger partial charge in [0.15, 0.2) is 0 Å². The molecule has 138 valence electrons. The van der Waals surface area contributed by atoms with E-state index in [1.54, 1.807) is 24.3 Å². The van der Waals surface area contributed by atoms with Gasteiger partial charge in [0.25, 0.3) is 15.9 Å². The first kappa shape index (κ1) is 18.8. The molecule has 27 heavy (non-hydrogen) atoms. The van der Waals surface area contributed by atoms with Gasteiger partial charge in [0.05, 0.1) is 10.5 Å². The van der Waals surface area contributed by atoms with Crippen molar-refractivity contribution in [3.8, 4) is 11.1 Å². The summed E-state index contributed by atoms with van der Waals surface area (Å²) in [5.74, 6) is -1.63. The largest absolute Gasteiger partial charge is 0.273 e. The van der Waals surface area contributed by atoms with Crippen LogP contribution >= 0.6 is 0 Å². The molecule has 0 bridgehead atoms. The van der Waals surface area contributed by atoms with Crippen LogP contribution in [0.3, 0.4) is 0 Å². The number of sulfonamides is 1. The minimum Gasteiger partial charge on any atom is -0.273 e. The van der Waals surface area contributed by atoms with E-state index in [4.69, 9.17) is 0 Å². The molecule has 5 nitrogen and oxygen atoms in total. The Morgan fingerprint density at radius 1 is 0.889 bits per heavy atom. The van der Waals surface area contributed by atoms with Gasteiger partial charge in [-0.05, 0) is 42.3 Å². The molecule has 0 unspecified atom stereocenters. The molecule has 0 aliphatic carbocycles. The minimum atomic E-state index is -3.95. The van der Waals surface area contributed by atoms with Crippen molar-refractivity contribution in [1.29, 1.82) is 0 Å². The molecule has 0 radical (unpaired) electrons. The van der Waals surface area contributed by atoms with Crippen molar-refractivity contribution in [2.24, 2.45) is 0 Å². The van der Waals surface area contributed by atoms with Crippen molar-refractivity contribution in [3.05, 3.63) is 89.7 Å². The number of benzene rings is 3. The predicted octanol–water partition coefficient (Wildman–Crippen LogP) is 3.42. The molecule has 0 heterocycles. The number of rotatable bonds is 5. The third-order valence-corrected chi connectivity index (χ3v) is 5.18. The Morgan fingerprint density at radius 2 is 1.59 bits per heavy atom. The van der Waals surface area contributed by atoms with Gasteiger partial charge in [0, 0.05) is 0 Å². The van der Waals surface area contributed by atoms with E-state index >= 15 is 0 Å². The van der Waals surface area contributed by atoms with Gasteiger partial charge in [-0.25, -0.2) is 12.8 Å². The quantitative estimate of drug-likeness (QED) is 0.662. The Morgan fingerprint density at radius 3 is 2.30 bits per heavy atom. The van der Waals surface area contributed by atoms with Crippen LogP contribution in [0.25, 0.3) is 11.1 Å². The van der Waals surface area contributed by atoms with Crippen molar-refractivity contribution in [3.63, 3.8) is 0 Å². The highest BCUT2D eigenvalue weighted by Gasteiger charge is 2.18. The molecule has 0 atom stereocenters. The standard InChI is InChI=1S/C20H17FN2O3S/c1-14-6-5-7-15(12-14)16-10-11-19(21)18(13-16)20(24)22-23-27(25,26)17-8-3-2-4-9-17/h2-13,23H,1H3,(H,22,24). The van der Waals surface area contributed by atoms with E-state index in [0.717, 1.165) is 11.1 Å². The maximum Gasteiger partial charge on any atom is 0.269 e. The van der Waals surface area contributed by atoms with Crippen LogP contribution in [0.4, 0.5) is 4.39 Å². The lowest BCUT2D eigenvalue weighted by atomic mass is 10.0. The summed E-state index contributed by atoms with van der Waals surface area (Å²) < 4.78 is 38.4. The molecule has 7 heteroatoms. The zero-order valence-corrected chi connectivity index (χ0v) is 15.3. The fourth-order valence-corrected chi connectivity index (χ4v) is 3.40. The van der Waals surface area contributed by atoms with Crippen LogP contribution in [0.5, 0.6) is 0 Å². The molecule has 0 aliphatic heterocycles. The van der Waals surface area contributed by atoms with Crippen LogP contribution in [0.2, 0.25) is 0 Å². The van der Waals surface area contributed by atoms with E-state index in [9.17, 15) is 17.6 Å². The van der Waals surface area contributed by atoms with Gasteiger partial charge >= 0.3 is 0 Å². The molecular weight excluding hydrogens is 367 g/mol. The Labute approximate surface area is 156 Å². The second-order valence-corrected chi connectivity index (χ2v) is 7.62. The van der Waals surface area contributed by atoms with Gasteiger partial charge < -0.3 is 0 Å². The summed E-state index contributed by atoms with van der Waals surface area (Å²) in [4.78, 5) is 14.3. The van der Waals surface area contributed by atoms with Crippen LogP contribution in [0, 0.1) is 12.7 Å². The van der Waals surface area contributed by atoms with Gasteiger partial charge in [-0.1, -0.05) is 54.1 Å². The number of carbonyl (C=O) groups is 1. The Hall–Kier alpha value is -3.03. The lowest BCUT2D eigenvalue weighted by Crippen LogP contribution is -2.41. The summed E-state index contributed by atoms with van der Waals surface area (Å²) in [6, 6.07) is 19.2. The topological polar surface area (TPSA) is 75.3 Å². The van der Waals surface area contributed by atoms with Crippen molar-refractivity contribution in [2.75, 3.05) is 0 Å². The van der Waals surface area contributed by atoms with Gasteiger partial charge in [-0.2, -0.15) is 0 Å². The molecule has 2 N–H and O–H groups in total. The number of carbonyl (C=O) groups excluding carboxylic acids is 1. The molecule has 1 amide bonds. The molecule has 0 aliphatic rings. The smallest absolute Gasteiger partial charge is 0.269 e. The van der Waals surface area contributed by atoms with Crippen LogP contribution in [0.1, 0.15) is 15.9 Å². The summed E-state index contributed by atoms with van der Waals surface area (Å²) in [5.41, 5.74) is 4.30. The number of hydrazine groups is 1. The van der Waals surface area contributed by atoms with E-state index in [1.807, 2.05) is 36.0 Å². The molecular formula is C20H17FN2O3S. The Bertz CT molecular complexity index is 1080. The summed E-state index contributed by atoms with van der Waals surface area (Å²) in [7, 11) is -3.95. The molecule has 0 spiro atoms. The first-order valence-corrected chi connectivity index (χ1v) is 9.59. The van der Waals surface area contributed by atoms with E-state index in [-0.39, 0.29) is 10.5 Å². The highest BCUT2D eigenvalue weighted by Crippen LogP contribution is 2.23. The van der Waals surface area contributed by atoms with E-state index in [1.165, 1.54) is 24.3 Å². The fraction of sp³-hybridized carbons (Fsp3) is 0.0500. The lowest BCUT2D eigenvalue weighted by Gasteiger charge is -2.10. The first-order valence-electron chi connectivity index (χ1n) is 8.10. The monoisotopic (exact) mass is 384 g/mol. The number of nitrogens with one attached hydrogen (secondary N) is 2. The molecule has 3 aromatic carbocycles. The molecule has 3 aromatic rings. The second kappa shape index (κ2) is 7.69. The molecule has 0 aromatic heterocycles. The average Bonchev–Trinajstić information content (AvgIpc) is 2.67. The summed E-state index contributed by atoms with van der Waals surface area (Å²) in [6.45, 7) is 1.93. The van der Waals surface area contributed by atoms with E-state index in [0.29, 0.717) is 5.56 Å². The van der Waals surface area contributed by atoms with E-state index < -0.39 is 21.7 Å². The number of aryl methyl sites for hydroxylation is 1. The van der Waals surface area contributed by atoms with Crippen molar-refractivity contribution in [2.45, 2.75) is 11.8 Å². The third-order valence-electron chi connectivity index (χ3n) is 3.91. The van der Waals surface area contributed by atoms with E-state index in [2.05, 4.69) is 5.43 Å². The summed E-state index contributed by atoms with van der Waals surface area (Å²) in [6.07, 6.45) is 0. The molecule has 0 saturated heterocycles. The first-order chi connectivity index (χ1) is 12.9. The van der Waals surface area contributed by atoms with Crippen molar-refractivity contribution in [1.82, 2.24) is 10.3 Å². The number of hydrogen-bond donors (Lipinski definition) is 2. The molecule has 0 fully saturated rings. The van der Waals surface area contributed by atoms with Gasteiger partial charge in [0.2, 0.25) is 0 Å². The van der Waals surface area contributed by atoms with Gasteiger partial charge in [-0.15, -0.1) is 4.83 Å². The normalized spacial score (nSPS) is 11.2. The maximum absolute atomic E-state index is 14.1. The third kappa shape index (κ3) is 4.39. The molecule has 3 rings (SSSR count). The maximum atomic E-state index is 14.1. The number of hydrogen-bond acceptors (Lipinski definition) is 3. The number of amides is 1. The Kier molecular flexibility index (Phi) is 5.34. The van der Waals surface area contributed by atoms with Crippen LogP contribution in [-0.4, -0.2) is 14.3 Å². The second-order valence-electron chi connectivity index (χ2n) is 5.94. The zero-order chi connectivity index (χ0) is 19.4. The summed E-state index contributed by atoms with van der Waals surface area (Å²) in [5, 5.41) is 0. The zero-order valence-electron chi connectivity index (χ0n) is 14.4. The SMILES string of the molecule is Cc1cccc(-c2ccc(F)c(C(=O)NNS(=O)(=O)c3ccccc3)c2)c1. The van der Waals surface area contributed by atoms with Crippen molar-refractivity contribution >= 4 is 15.9 Å². The predicted molar refractivity (Wildman–Crippen MR) is 101 cm³/mol. The highest BCUT2D eigenvalue weighted by atomic mass is 32.2. The van der Waals surface area contributed by atoms with Gasteiger partial charge in [-0.3, -0.25) is 10.2 Å². The van der Waals surface area contributed by atoms with Crippen LogP contribution < -0.4 is 10.3 Å². The van der Waals surface area contributed by atoms with Gasteiger partial charge in [0.1, 0.15) is 5.82 Å².